The topological polar surface area (TPSA) is 49.8 Å². The van der Waals surface area contributed by atoms with Crippen molar-refractivity contribution in [3.05, 3.63) is 11.9 Å². The molecule has 4 nitrogen and oxygen atoms in total. The largest absolute Gasteiger partial charge is 0.370 e. The van der Waals surface area contributed by atoms with Crippen LogP contribution in [0.25, 0.3) is 0 Å². The Morgan fingerprint density at radius 2 is 1.90 bits per heavy atom. The summed E-state index contributed by atoms with van der Waals surface area (Å²) in [4.78, 5) is 9.32. The second-order valence-corrected chi connectivity index (χ2v) is 6.74. The Kier molecular flexibility index (Phi) is 5.43. The molecule has 1 heterocycles. The second kappa shape index (κ2) is 7.10. The highest BCUT2D eigenvalue weighted by molar-refractivity contribution is 5.48. The average molecular weight is 290 g/mol. The maximum Gasteiger partial charge on any atom is 0.135 e. The third-order valence-electron chi connectivity index (χ3n) is 4.61. The molecule has 3 unspecified atom stereocenters. The van der Waals surface area contributed by atoms with Gasteiger partial charge in [0.15, 0.2) is 0 Å². The van der Waals surface area contributed by atoms with Crippen molar-refractivity contribution in [2.75, 3.05) is 17.2 Å². The van der Waals surface area contributed by atoms with Crippen molar-refractivity contribution in [3.63, 3.8) is 0 Å². The fraction of sp³-hybridized carbons (Fsp3) is 0.765. The summed E-state index contributed by atoms with van der Waals surface area (Å²) in [6.07, 6.45) is 3.64. The summed E-state index contributed by atoms with van der Waals surface area (Å²) in [5.41, 5.74) is 0. The molecule has 2 rings (SSSR count). The van der Waals surface area contributed by atoms with Crippen molar-refractivity contribution < 1.29 is 0 Å². The Labute approximate surface area is 129 Å². The maximum absolute atomic E-state index is 4.70. The normalized spacial score (nSPS) is 25.3. The van der Waals surface area contributed by atoms with Crippen molar-refractivity contribution >= 4 is 11.6 Å². The lowest BCUT2D eigenvalue weighted by atomic mass is 9.98. The second-order valence-electron chi connectivity index (χ2n) is 6.74. The van der Waals surface area contributed by atoms with Crippen molar-refractivity contribution in [2.24, 2.45) is 11.8 Å². The minimum absolute atomic E-state index is 0.342. The van der Waals surface area contributed by atoms with E-state index in [1.165, 1.54) is 12.8 Å². The van der Waals surface area contributed by atoms with E-state index < -0.39 is 0 Å². The molecule has 1 fully saturated rings. The fourth-order valence-corrected chi connectivity index (χ4v) is 2.90. The SMILES string of the molecule is CCCNc1cc(NC2CCC(C)C2C)nc(C(C)C)n1. The Hall–Kier alpha value is -1.32. The number of hydrogen-bond donors (Lipinski definition) is 2. The quantitative estimate of drug-likeness (QED) is 0.821. The summed E-state index contributed by atoms with van der Waals surface area (Å²) in [5, 5.41) is 7.03. The first-order valence-corrected chi connectivity index (χ1v) is 8.40. The zero-order chi connectivity index (χ0) is 15.4. The molecule has 1 aromatic rings. The van der Waals surface area contributed by atoms with Gasteiger partial charge in [-0.2, -0.15) is 0 Å². The summed E-state index contributed by atoms with van der Waals surface area (Å²) in [5.74, 6) is 4.67. The minimum Gasteiger partial charge on any atom is -0.370 e. The van der Waals surface area contributed by atoms with E-state index in [0.717, 1.165) is 36.3 Å². The van der Waals surface area contributed by atoms with Gasteiger partial charge in [-0.25, -0.2) is 9.97 Å². The van der Waals surface area contributed by atoms with Crippen LogP contribution in [0.2, 0.25) is 0 Å². The van der Waals surface area contributed by atoms with Gasteiger partial charge >= 0.3 is 0 Å². The average Bonchev–Trinajstić information content (AvgIpc) is 2.77. The summed E-state index contributed by atoms with van der Waals surface area (Å²) in [7, 11) is 0. The highest BCUT2D eigenvalue weighted by atomic mass is 15.1. The lowest BCUT2D eigenvalue weighted by Gasteiger charge is -2.21. The van der Waals surface area contributed by atoms with Gasteiger partial charge in [0.1, 0.15) is 17.5 Å². The van der Waals surface area contributed by atoms with E-state index in [1.807, 2.05) is 0 Å². The number of nitrogens with zero attached hydrogens (tertiary/aromatic N) is 2. The predicted octanol–water partition coefficient (Wildman–Crippen LogP) is 4.27. The van der Waals surface area contributed by atoms with Gasteiger partial charge in [0, 0.05) is 24.6 Å². The van der Waals surface area contributed by atoms with Crippen LogP contribution < -0.4 is 10.6 Å². The van der Waals surface area contributed by atoms with Gasteiger partial charge in [0.2, 0.25) is 0 Å². The molecule has 1 aliphatic rings. The van der Waals surface area contributed by atoms with Gasteiger partial charge < -0.3 is 10.6 Å². The number of hydrogen-bond acceptors (Lipinski definition) is 4. The van der Waals surface area contributed by atoms with Crippen molar-refractivity contribution in [1.29, 1.82) is 0 Å². The van der Waals surface area contributed by atoms with Crippen LogP contribution in [0.3, 0.4) is 0 Å². The Balaban J connectivity index is 2.15. The molecule has 118 valence electrons. The Morgan fingerprint density at radius 1 is 1.19 bits per heavy atom. The van der Waals surface area contributed by atoms with Gasteiger partial charge in [-0.15, -0.1) is 0 Å². The number of aromatic nitrogens is 2. The Bertz CT molecular complexity index is 458. The molecule has 0 saturated heterocycles. The first kappa shape index (κ1) is 16.1. The standard InChI is InChI=1S/C17H30N4/c1-6-9-18-15-10-16(21-17(20-15)11(2)3)19-14-8-7-12(4)13(14)5/h10-14H,6-9H2,1-5H3,(H2,18,19,20,21). The zero-order valence-electron chi connectivity index (χ0n) is 14.1. The van der Waals surface area contributed by atoms with E-state index in [1.54, 1.807) is 0 Å². The molecule has 4 heteroatoms. The van der Waals surface area contributed by atoms with Gasteiger partial charge in [0.05, 0.1) is 0 Å². The van der Waals surface area contributed by atoms with Gasteiger partial charge in [0.25, 0.3) is 0 Å². The monoisotopic (exact) mass is 290 g/mol. The third kappa shape index (κ3) is 4.08. The number of nitrogens with one attached hydrogen (secondary N) is 2. The molecule has 3 atom stereocenters. The van der Waals surface area contributed by atoms with Crippen molar-refractivity contribution in [1.82, 2.24) is 9.97 Å². The summed E-state index contributed by atoms with van der Waals surface area (Å²) >= 11 is 0. The molecule has 1 saturated carbocycles. The van der Waals surface area contributed by atoms with Crippen LogP contribution in [-0.4, -0.2) is 22.6 Å². The third-order valence-corrected chi connectivity index (χ3v) is 4.61. The van der Waals surface area contributed by atoms with E-state index >= 15 is 0 Å². The molecular weight excluding hydrogens is 260 g/mol. The van der Waals surface area contributed by atoms with Crippen LogP contribution in [0.5, 0.6) is 0 Å². The molecule has 0 spiro atoms. The van der Waals surface area contributed by atoms with Crippen LogP contribution >= 0.6 is 0 Å². The van der Waals surface area contributed by atoms with E-state index in [4.69, 9.17) is 4.98 Å². The molecule has 2 N–H and O–H groups in total. The number of anilines is 2. The lowest BCUT2D eigenvalue weighted by Crippen LogP contribution is -2.25. The summed E-state index contributed by atoms with van der Waals surface area (Å²) in [6.45, 7) is 12.1. The minimum atomic E-state index is 0.342. The lowest BCUT2D eigenvalue weighted by molar-refractivity contribution is 0.435. The molecule has 0 aromatic carbocycles. The maximum atomic E-state index is 4.70. The van der Waals surface area contributed by atoms with Crippen molar-refractivity contribution in [2.45, 2.75) is 65.8 Å². The van der Waals surface area contributed by atoms with E-state index in [2.05, 4.69) is 56.3 Å². The van der Waals surface area contributed by atoms with Crippen LogP contribution in [0.15, 0.2) is 6.07 Å². The van der Waals surface area contributed by atoms with E-state index in [9.17, 15) is 0 Å². The van der Waals surface area contributed by atoms with Crippen LogP contribution in [0.4, 0.5) is 11.6 Å². The highest BCUT2D eigenvalue weighted by Gasteiger charge is 2.29. The van der Waals surface area contributed by atoms with E-state index in [0.29, 0.717) is 17.9 Å². The van der Waals surface area contributed by atoms with Crippen LogP contribution in [0, 0.1) is 11.8 Å². The fourth-order valence-electron chi connectivity index (χ4n) is 2.90. The smallest absolute Gasteiger partial charge is 0.135 e. The van der Waals surface area contributed by atoms with Crippen LogP contribution in [0.1, 0.15) is 65.6 Å². The summed E-state index contributed by atoms with van der Waals surface area (Å²) < 4.78 is 0. The molecule has 1 aliphatic carbocycles. The van der Waals surface area contributed by atoms with Crippen LogP contribution in [-0.2, 0) is 0 Å². The number of rotatable bonds is 6. The molecule has 0 radical (unpaired) electrons. The summed E-state index contributed by atoms with van der Waals surface area (Å²) in [6, 6.07) is 2.59. The van der Waals surface area contributed by atoms with Gasteiger partial charge in [-0.3, -0.25) is 0 Å². The zero-order valence-corrected chi connectivity index (χ0v) is 14.1. The predicted molar refractivity (Wildman–Crippen MR) is 89.9 cm³/mol. The van der Waals surface area contributed by atoms with E-state index in [-0.39, 0.29) is 0 Å². The molecule has 0 aliphatic heterocycles. The van der Waals surface area contributed by atoms with Gasteiger partial charge in [-0.05, 0) is 31.1 Å². The molecule has 1 aromatic heterocycles. The molecule has 0 bridgehead atoms. The van der Waals surface area contributed by atoms with Gasteiger partial charge in [-0.1, -0.05) is 34.6 Å². The molecular formula is C17H30N4. The first-order chi connectivity index (χ1) is 10.0. The highest BCUT2D eigenvalue weighted by Crippen LogP contribution is 2.33. The first-order valence-electron chi connectivity index (χ1n) is 8.40. The Morgan fingerprint density at radius 3 is 2.48 bits per heavy atom. The molecule has 0 amide bonds. The van der Waals surface area contributed by atoms with Crippen molar-refractivity contribution in [3.8, 4) is 0 Å². The molecule has 21 heavy (non-hydrogen) atoms.